The second-order valence-corrected chi connectivity index (χ2v) is 5.53. The van der Waals surface area contributed by atoms with E-state index in [4.69, 9.17) is 0 Å². The van der Waals surface area contributed by atoms with Crippen LogP contribution in [0, 0.1) is 11.8 Å². The Labute approximate surface area is 98.5 Å². The number of hydrogen-bond acceptors (Lipinski definition) is 2. The molecule has 0 amide bonds. The third-order valence-corrected chi connectivity index (χ3v) is 4.53. The lowest BCUT2D eigenvalue weighted by Crippen LogP contribution is -2.37. The summed E-state index contributed by atoms with van der Waals surface area (Å²) in [6, 6.07) is 4.16. The lowest BCUT2D eigenvalue weighted by Gasteiger charge is -2.38. The Bertz CT molecular complexity index is 328. The Hall–Kier alpha value is -0.920. The quantitative estimate of drug-likeness (QED) is 0.775. The van der Waals surface area contributed by atoms with Gasteiger partial charge in [-0.25, -0.2) is 0 Å². The first-order valence-electron chi connectivity index (χ1n) is 6.44. The predicted molar refractivity (Wildman–Crippen MR) is 66.2 cm³/mol. The molecule has 0 aromatic carbocycles. The molecule has 2 heteroatoms. The molecule has 0 aliphatic heterocycles. The topological polar surface area (TPSA) is 25.8 Å². The van der Waals surface area contributed by atoms with E-state index in [0.29, 0.717) is 5.92 Å². The van der Waals surface area contributed by atoms with Gasteiger partial charge in [-0.3, -0.25) is 0 Å². The average molecular weight is 218 g/mol. The molecule has 1 aromatic heterocycles. The van der Waals surface area contributed by atoms with Crippen LogP contribution in [0.15, 0.2) is 18.3 Å². The molecule has 1 fully saturated rings. The molecular formula is C14H22N2. The molecule has 1 aromatic rings. The fourth-order valence-electron chi connectivity index (χ4n) is 3.09. The van der Waals surface area contributed by atoms with Gasteiger partial charge in [-0.2, -0.15) is 10.2 Å². The van der Waals surface area contributed by atoms with E-state index in [0.717, 1.165) is 5.92 Å². The van der Waals surface area contributed by atoms with Gasteiger partial charge < -0.3 is 0 Å². The Kier molecular flexibility index (Phi) is 3.27. The number of hydrogen-bond donors (Lipinski definition) is 0. The SMILES string of the molecule is CC(C)C(C)(c1cccnn1)C1CCCC1. The van der Waals surface area contributed by atoms with Crippen molar-refractivity contribution in [2.75, 3.05) is 0 Å². The summed E-state index contributed by atoms with van der Waals surface area (Å²) in [5, 5.41) is 8.42. The molecule has 1 aliphatic carbocycles. The van der Waals surface area contributed by atoms with Crippen LogP contribution in [0.25, 0.3) is 0 Å². The van der Waals surface area contributed by atoms with Crippen molar-refractivity contribution in [3.63, 3.8) is 0 Å². The lowest BCUT2D eigenvalue weighted by molar-refractivity contribution is 0.208. The minimum atomic E-state index is 0.199. The second kappa shape index (κ2) is 4.52. The van der Waals surface area contributed by atoms with Crippen molar-refractivity contribution >= 4 is 0 Å². The summed E-state index contributed by atoms with van der Waals surface area (Å²) >= 11 is 0. The van der Waals surface area contributed by atoms with Crippen molar-refractivity contribution in [3.8, 4) is 0 Å². The van der Waals surface area contributed by atoms with Crippen LogP contribution in [0.2, 0.25) is 0 Å². The Morgan fingerprint density at radius 1 is 1.31 bits per heavy atom. The van der Waals surface area contributed by atoms with Crippen molar-refractivity contribution in [3.05, 3.63) is 24.0 Å². The Morgan fingerprint density at radius 2 is 2.00 bits per heavy atom. The zero-order valence-corrected chi connectivity index (χ0v) is 10.6. The molecule has 1 unspecified atom stereocenters. The van der Waals surface area contributed by atoms with E-state index in [9.17, 15) is 0 Å². The highest BCUT2D eigenvalue weighted by atomic mass is 15.1. The molecule has 2 rings (SSSR count). The van der Waals surface area contributed by atoms with E-state index in [1.807, 2.05) is 6.07 Å². The summed E-state index contributed by atoms with van der Waals surface area (Å²) in [6.07, 6.45) is 7.23. The van der Waals surface area contributed by atoms with Gasteiger partial charge in [0.25, 0.3) is 0 Å². The van der Waals surface area contributed by atoms with Crippen molar-refractivity contribution in [2.45, 2.75) is 51.9 Å². The van der Waals surface area contributed by atoms with Gasteiger partial charge in [-0.1, -0.05) is 33.6 Å². The van der Waals surface area contributed by atoms with Crippen LogP contribution in [0.1, 0.15) is 52.1 Å². The van der Waals surface area contributed by atoms with Crippen LogP contribution in [0.4, 0.5) is 0 Å². The maximum atomic E-state index is 4.37. The summed E-state index contributed by atoms with van der Waals surface area (Å²) in [5.41, 5.74) is 1.38. The normalized spacial score (nSPS) is 21.2. The molecule has 1 aliphatic rings. The zero-order chi connectivity index (χ0) is 11.6. The van der Waals surface area contributed by atoms with E-state index in [-0.39, 0.29) is 5.41 Å². The first-order valence-corrected chi connectivity index (χ1v) is 6.44. The highest BCUT2D eigenvalue weighted by Crippen LogP contribution is 2.45. The predicted octanol–water partition coefficient (Wildman–Crippen LogP) is 3.58. The van der Waals surface area contributed by atoms with Gasteiger partial charge in [-0.15, -0.1) is 0 Å². The van der Waals surface area contributed by atoms with E-state index < -0.39 is 0 Å². The molecule has 2 nitrogen and oxygen atoms in total. The third kappa shape index (κ3) is 1.85. The monoisotopic (exact) mass is 218 g/mol. The van der Waals surface area contributed by atoms with Crippen molar-refractivity contribution in [2.24, 2.45) is 11.8 Å². The van der Waals surface area contributed by atoms with Crippen LogP contribution in [-0.4, -0.2) is 10.2 Å². The van der Waals surface area contributed by atoms with Gasteiger partial charge in [0.1, 0.15) is 0 Å². The minimum absolute atomic E-state index is 0.199. The van der Waals surface area contributed by atoms with Gasteiger partial charge >= 0.3 is 0 Å². The van der Waals surface area contributed by atoms with Crippen LogP contribution < -0.4 is 0 Å². The molecular weight excluding hydrogens is 196 g/mol. The second-order valence-electron chi connectivity index (χ2n) is 5.53. The molecule has 0 saturated heterocycles. The molecule has 88 valence electrons. The molecule has 0 bridgehead atoms. The van der Waals surface area contributed by atoms with Gasteiger partial charge in [0.15, 0.2) is 0 Å². The van der Waals surface area contributed by atoms with E-state index in [2.05, 4.69) is 37.0 Å². The molecule has 1 saturated carbocycles. The third-order valence-electron chi connectivity index (χ3n) is 4.53. The van der Waals surface area contributed by atoms with Crippen LogP contribution in [0.5, 0.6) is 0 Å². The summed E-state index contributed by atoms with van der Waals surface area (Å²) in [5.74, 6) is 1.40. The minimum Gasteiger partial charge on any atom is -0.159 e. The molecule has 0 N–H and O–H groups in total. The first kappa shape index (κ1) is 11.6. The number of rotatable bonds is 3. The standard InChI is InChI=1S/C14H22N2/c1-11(2)14(3,12-7-4-5-8-12)13-9-6-10-15-16-13/h6,9-12H,4-5,7-8H2,1-3H3. The lowest BCUT2D eigenvalue weighted by atomic mass is 9.66. The maximum Gasteiger partial charge on any atom is 0.0695 e. The highest BCUT2D eigenvalue weighted by Gasteiger charge is 2.41. The van der Waals surface area contributed by atoms with E-state index >= 15 is 0 Å². The van der Waals surface area contributed by atoms with E-state index in [1.165, 1.54) is 31.4 Å². The summed E-state index contributed by atoms with van der Waals surface area (Å²) in [4.78, 5) is 0. The fourth-order valence-corrected chi connectivity index (χ4v) is 3.09. The van der Waals surface area contributed by atoms with Gasteiger partial charge in [0.05, 0.1) is 5.69 Å². The smallest absolute Gasteiger partial charge is 0.0695 e. The molecule has 1 atom stereocenters. The van der Waals surface area contributed by atoms with Crippen molar-refractivity contribution in [1.29, 1.82) is 0 Å². The molecule has 0 radical (unpaired) electrons. The summed E-state index contributed by atoms with van der Waals surface area (Å²) in [7, 11) is 0. The van der Waals surface area contributed by atoms with Crippen LogP contribution in [0.3, 0.4) is 0 Å². The maximum absolute atomic E-state index is 4.37. The molecule has 0 spiro atoms. The van der Waals surface area contributed by atoms with Crippen LogP contribution >= 0.6 is 0 Å². The largest absolute Gasteiger partial charge is 0.159 e. The Balaban J connectivity index is 2.35. The average Bonchev–Trinajstić information content (AvgIpc) is 2.82. The Morgan fingerprint density at radius 3 is 2.50 bits per heavy atom. The van der Waals surface area contributed by atoms with Crippen molar-refractivity contribution < 1.29 is 0 Å². The summed E-state index contributed by atoms with van der Waals surface area (Å²) in [6.45, 7) is 7.00. The van der Waals surface area contributed by atoms with Gasteiger partial charge in [0.2, 0.25) is 0 Å². The summed E-state index contributed by atoms with van der Waals surface area (Å²) < 4.78 is 0. The first-order chi connectivity index (χ1) is 7.65. The zero-order valence-electron chi connectivity index (χ0n) is 10.6. The molecule has 16 heavy (non-hydrogen) atoms. The highest BCUT2D eigenvalue weighted by molar-refractivity contribution is 5.17. The van der Waals surface area contributed by atoms with Crippen molar-refractivity contribution in [1.82, 2.24) is 10.2 Å². The van der Waals surface area contributed by atoms with Gasteiger partial charge in [0, 0.05) is 11.6 Å². The molecule has 1 heterocycles. The van der Waals surface area contributed by atoms with Gasteiger partial charge in [-0.05, 0) is 36.8 Å². The number of nitrogens with zero attached hydrogens (tertiary/aromatic N) is 2. The fraction of sp³-hybridized carbons (Fsp3) is 0.714. The van der Waals surface area contributed by atoms with Crippen LogP contribution in [-0.2, 0) is 5.41 Å². The van der Waals surface area contributed by atoms with E-state index in [1.54, 1.807) is 6.20 Å². The number of aromatic nitrogens is 2.